The molecule has 0 amide bonds. The minimum Gasteiger partial charge on any atom is -0.484 e. The van der Waals surface area contributed by atoms with Gasteiger partial charge >= 0.3 is 6.18 Å². The number of hydrogen-bond donors (Lipinski definition) is 2. The molecule has 0 radical (unpaired) electrons. The topological polar surface area (TPSA) is 45.7 Å². The highest BCUT2D eigenvalue weighted by Gasteiger charge is 2.28. The number of ether oxygens (including phenoxy) is 1. The minimum absolute atomic E-state index is 0. The number of aliphatic imine (C=N–C) groups is 1. The van der Waals surface area contributed by atoms with Crippen LogP contribution < -0.4 is 15.4 Å². The molecule has 0 saturated heterocycles. The molecule has 148 valence electrons. The van der Waals surface area contributed by atoms with Gasteiger partial charge in [0.15, 0.2) is 12.6 Å². The van der Waals surface area contributed by atoms with Crippen molar-refractivity contribution in [2.45, 2.75) is 19.3 Å². The molecule has 0 fully saturated rings. The van der Waals surface area contributed by atoms with E-state index in [1.54, 1.807) is 31.3 Å². The van der Waals surface area contributed by atoms with Crippen LogP contribution in [0.5, 0.6) is 5.75 Å². The van der Waals surface area contributed by atoms with Crippen molar-refractivity contribution in [3.63, 3.8) is 0 Å². The number of nitrogens with zero attached hydrogens (tertiary/aromatic N) is 1. The van der Waals surface area contributed by atoms with Crippen LogP contribution in [0.25, 0.3) is 0 Å². The third-order valence-electron chi connectivity index (χ3n) is 3.36. The van der Waals surface area contributed by atoms with Crippen molar-refractivity contribution in [1.82, 2.24) is 10.6 Å². The third-order valence-corrected chi connectivity index (χ3v) is 3.36. The molecule has 0 aromatic heterocycles. The Morgan fingerprint density at radius 1 is 1.00 bits per heavy atom. The summed E-state index contributed by atoms with van der Waals surface area (Å²) < 4.78 is 54.2. The van der Waals surface area contributed by atoms with E-state index in [0.717, 1.165) is 11.1 Å². The monoisotopic (exact) mass is 497 g/mol. The number of rotatable bonds is 6. The molecular weight excluding hydrogens is 477 g/mol. The van der Waals surface area contributed by atoms with Crippen molar-refractivity contribution in [2.24, 2.45) is 4.99 Å². The van der Waals surface area contributed by atoms with Gasteiger partial charge in [0.1, 0.15) is 11.6 Å². The Labute approximate surface area is 172 Å². The van der Waals surface area contributed by atoms with E-state index in [0.29, 0.717) is 19.0 Å². The molecule has 2 aromatic carbocycles. The van der Waals surface area contributed by atoms with E-state index in [-0.39, 0.29) is 35.5 Å². The molecule has 27 heavy (non-hydrogen) atoms. The summed E-state index contributed by atoms with van der Waals surface area (Å²) in [4.78, 5) is 4.07. The van der Waals surface area contributed by atoms with Gasteiger partial charge in [-0.3, -0.25) is 4.99 Å². The van der Waals surface area contributed by atoms with E-state index in [4.69, 9.17) is 4.74 Å². The molecule has 0 heterocycles. The summed E-state index contributed by atoms with van der Waals surface area (Å²) in [5.41, 5.74) is 1.63. The molecule has 2 N–H and O–H groups in total. The molecule has 0 aliphatic carbocycles. The van der Waals surface area contributed by atoms with Gasteiger partial charge in [-0.15, -0.1) is 24.0 Å². The fourth-order valence-electron chi connectivity index (χ4n) is 2.10. The van der Waals surface area contributed by atoms with Gasteiger partial charge in [0.05, 0.1) is 0 Å². The average Bonchev–Trinajstić information content (AvgIpc) is 2.61. The lowest BCUT2D eigenvalue weighted by Crippen LogP contribution is -2.36. The number of alkyl halides is 3. The largest absolute Gasteiger partial charge is 0.484 e. The Morgan fingerprint density at radius 3 is 2.22 bits per heavy atom. The van der Waals surface area contributed by atoms with Crippen LogP contribution in [0, 0.1) is 5.82 Å². The Morgan fingerprint density at radius 2 is 1.63 bits per heavy atom. The zero-order valence-corrected chi connectivity index (χ0v) is 16.8. The maximum absolute atomic E-state index is 12.9. The molecule has 0 saturated carbocycles. The van der Waals surface area contributed by atoms with E-state index >= 15 is 0 Å². The molecule has 0 spiro atoms. The van der Waals surface area contributed by atoms with Crippen molar-refractivity contribution in [2.75, 3.05) is 13.7 Å². The quantitative estimate of drug-likeness (QED) is 0.272. The van der Waals surface area contributed by atoms with Crippen LogP contribution in [0.3, 0.4) is 0 Å². The number of halogens is 5. The molecule has 0 unspecified atom stereocenters. The maximum Gasteiger partial charge on any atom is 0.422 e. The Hall–Kier alpha value is -2.04. The molecule has 2 aromatic rings. The first-order chi connectivity index (χ1) is 12.4. The SMILES string of the molecule is CN=C(NCc1ccc(F)cc1)NCc1cccc(OCC(F)(F)F)c1.I. The molecule has 9 heteroatoms. The van der Waals surface area contributed by atoms with E-state index in [2.05, 4.69) is 15.6 Å². The molecule has 4 nitrogen and oxygen atoms in total. The van der Waals surface area contributed by atoms with E-state index in [1.807, 2.05) is 0 Å². The van der Waals surface area contributed by atoms with Crippen LogP contribution in [0.15, 0.2) is 53.5 Å². The lowest BCUT2D eigenvalue weighted by molar-refractivity contribution is -0.153. The van der Waals surface area contributed by atoms with E-state index in [1.165, 1.54) is 24.3 Å². The summed E-state index contributed by atoms with van der Waals surface area (Å²) in [6.45, 7) is -0.522. The number of hydrogen-bond acceptors (Lipinski definition) is 2. The van der Waals surface area contributed by atoms with Gasteiger partial charge in [-0.05, 0) is 35.4 Å². The lowest BCUT2D eigenvalue weighted by Gasteiger charge is -2.13. The van der Waals surface area contributed by atoms with Crippen LogP contribution in [0.4, 0.5) is 17.6 Å². The highest BCUT2D eigenvalue weighted by Crippen LogP contribution is 2.19. The predicted molar refractivity (Wildman–Crippen MR) is 107 cm³/mol. The first kappa shape index (κ1) is 23.0. The number of benzene rings is 2. The molecule has 0 atom stereocenters. The Bertz CT molecular complexity index is 736. The second-order valence-electron chi connectivity index (χ2n) is 5.46. The van der Waals surface area contributed by atoms with Gasteiger partial charge in [0.25, 0.3) is 0 Å². The number of nitrogens with one attached hydrogen (secondary N) is 2. The summed E-state index contributed by atoms with van der Waals surface area (Å²) in [5, 5.41) is 6.13. The summed E-state index contributed by atoms with van der Waals surface area (Å²) in [6.07, 6.45) is -4.37. The Balaban J connectivity index is 0.00000364. The van der Waals surface area contributed by atoms with Crippen LogP contribution in [-0.4, -0.2) is 25.8 Å². The highest BCUT2D eigenvalue weighted by atomic mass is 127. The number of guanidine groups is 1. The normalized spacial score (nSPS) is 11.5. The van der Waals surface area contributed by atoms with Crippen molar-refractivity contribution in [3.8, 4) is 5.75 Å². The van der Waals surface area contributed by atoms with E-state index in [9.17, 15) is 17.6 Å². The first-order valence-electron chi connectivity index (χ1n) is 7.83. The fraction of sp³-hybridized carbons (Fsp3) is 0.278. The third kappa shape index (κ3) is 8.94. The highest BCUT2D eigenvalue weighted by molar-refractivity contribution is 14.0. The summed E-state index contributed by atoms with van der Waals surface area (Å²) in [7, 11) is 1.60. The van der Waals surface area contributed by atoms with Gasteiger partial charge in [0.2, 0.25) is 0 Å². The molecule has 0 aliphatic rings. The summed E-state index contributed by atoms with van der Waals surface area (Å²) in [6, 6.07) is 12.5. The smallest absolute Gasteiger partial charge is 0.422 e. The van der Waals surface area contributed by atoms with Gasteiger partial charge in [0, 0.05) is 20.1 Å². The van der Waals surface area contributed by atoms with Crippen molar-refractivity contribution >= 4 is 29.9 Å². The van der Waals surface area contributed by atoms with Gasteiger partial charge < -0.3 is 15.4 Å². The zero-order chi connectivity index (χ0) is 19.0. The maximum atomic E-state index is 12.9. The van der Waals surface area contributed by atoms with Crippen LogP contribution in [0.1, 0.15) is 11.1 Å². The van der Waals surface area contributed by atoms with Crippen LogP contribution in [-0.2, 0) is 13.1 Å². The standard InChI is InChI=1S/C18H19F4N3O.HI/c1-23-17(24-10-13-5-7-15(19)8-6-13)25-11-14-3-2-4-16(9-14)26-12-18(20,21)22;/h2-9H,10-12H2,1H3,(H2,23,24,25);1H. The Kier molecular flexibility index (Phi) is 9.33. The molecular formula is C18H20F4IN3O. The average molecular weight is 497 g/mol. The molecule has 0 aliphatic heterocycles. The molecule has 0 bridgehead atoms. The van der Waals surface area contributed by atoms with Gasteiger partial charge in [-0.25, -0.2) is 4.39 Å². The van der Waals surface area contributed by atoms with E-state index < -0.39 is 12.8 Å². The van der Waals surface area contributed by atoms with Crippen LogP contribution in [0.2, 0.25) is 0 Å². The second-order valence-corrected chi connectivity index (χ2v) is 5.46. The van der Waals surface area contributed by atoms with Crippen molar-refractivity contribution in [3.05, 3.63) is 65.5 Å². The van der Waals surface area contributed by atoms with Crippen molar-refractivity contribution < 1.29 is 22.3 Å². The van der Waals surface area contributed by atoms with Gasteiger partial charge in [-0.1, -0.05) is 24.3 Å². The first-order valence-corrected chi connectivity index (χ1v) is 7.83. The summed E-state index contributed by atoms with van der Waals surface area (Å²) in [5.74, 6) is 0.357. The summed E-state index contributed by atoms with van der Waals surface area (Å²) >= 11 is 0. The van der Waals surface area contributed by atoms with Crippen LogP contribution >= 0.6 is 24.0 Å². The minimum atomic E-state index is -4.37. The lowest BCUT2D eigenvalue weighted by atomic mass is 10.2. The zero-order valence-electron chi connectivity index (χ0n) is 14.5. The predicted octanol–water partition coefficient (Wildman–Crippen LogP) is 4.25. The molecule has 2 rings (SSSR count). The van der Waals surface area contributed by atoms with Crippen molar-refractivity contribution in [1.29, 1.82) is 0 Å². The second kappa shape index (κ2) is 11.0. The van der Waals surface area contributed by atoms with Gasteiger partial charge in [-0.2, -0.15) is 13.2 Å². The fourth-order valence-corrected chi connectivity index (χ4v) is 2.10.